The summed E-state index contributed by atoms with van der Waals surface area (Å²) in [5.74, 6) is -2.86. The number of hydrogen-bond acceptors (Lipinski definition) is 5. The zero-order valence-corrected chi connectivity index (χ0v) is 27.8. The van der Waals surface area contributed by atoms with E-state index >= 15 is 0 Å². The number of ether oxygens (including phenoxy) is 1. The van der Waals surface area contributed by atoms with Gasteiger partial charge in [0.25, 0.3) is 0 Å². The van der Waals surface area contributed by atoms with Crippen molar-refractivity contribution in [2.45, 2.75) is 50.9 Å². The first-order valence-electron chi connectivity index (χ1n) is 16.2. The van der Waals surface area contributed by atoms with Crippen molar-refractivity contribution in [2.75, 3.05) is 33.8 Å². The molecule has 1 N–H and O–H groups in total. The molecular formula is C37H40F3N3O6. The minimum absolute atomic E-state index is 0.0444. The van der Waals surface area contributed by atoms with Crippen LogP contribution < -0.4 is 0 Å². The minimum atomic E-state index is -4.56. The van der Waals surface area contributed by atoms with Gasteiger partial charge in [-0.3, -0.25) is 19.3 Å². The van der Waals surface area contributed by atoms with Gasteiger partial charge < -0.3 is 19.6 Å². The number of nitrogens with zero attached hydrogens (tertiary/aromatic N) is 3. The number of fused-ring (bicyclic) bond motifs is 3. The Labute approximate surface area is 283 Å². The highest BCUT2D eigenvalue weighted by atomic mass is 19.4. The van der Waals surface area contributed by atoms with Gasteiger partial charge in [-0.05, 0) is 58.2 Å². The topological polar surface area (TPSA) is 107 Å². The van der Waals surface area contributed by atoms with Crippen LogP contribution >= 0.6 is 0 Å². The van der Waals surface area contributed by atoms with Gasteiger partial charge in [-0.1, -0.05) is 74.5 Å². The van der Waals surface area contributed by atoms with E-state index in [1.54, 1.807) is 0 Å². The average Bonchev–Trinajstić information content (AvgIpc) is 3.33. The number of likely N-dealkylation sites (tertiary alicyclic amines) is 1. The SMILES string of the molecule is CC1CN([C@@H](Cc2ccc(C(F)(F)F)cc2)C(=O)N(C)CC(=O)O)C(=O)[C@@H](N(C)C(=O)OCC2c3ccccc3-c3ccccc32)C[C@H]1C. The van der Waals surface area contributed by atoms with Crippen molar-refractivity contribution in [3.63, 3.8) is 0 Å². The summed E-state index contributed by atoms with van der Waals surface area (Å²) in [5, 5.41) is 9.37. The molecule has 0 bridgehead atoms. The summed E-state index contributed by atoms with van der Waals surface area (Å²) in [6.45, 7) is 3.39. The Bertz CT molecular complexity index is 1670. The number of amides is 3. The van der Waals surface area contributed by atoms with Gasteiger partial charge >= 0.3 is 18.2 Å². The second-order valence-electron chi connectivity index (χ2n) is 13.1. The van der Waals surface area contributed by atoms with Crippen LogP contribution in [0.1, 0.15) is 48.4 Å². The van der Waals surface area contributed by atoms with Crippen LogP contribution in [-0.2, 0) is 31.7 Å². The predicted molar refractivity (Wildman–Crippen MR) is 175 cm³/mol. The summed E-state index contributed by atoms with van der Waals surface area (Å²) in [5.41, 5.74) is 3.71. The Balaban J connectivity index is 1.40. The molecule has 12 heteroatoms. The molecule has 260 valence electrons. The molecular weight excluding hydrogens is 639 g/mol. The first-order valence-corrected chi connectivity index (χ1v) is 16.2. The van der Waals surface area contributed by atoms with E-state index in [0.717, 1.165) is 39.3 Å². The summed E-state index contributed by atoms with van der Waals surface area (Å²) < 4.78 is 45.6. The van der Waals surface area contributed by atoms with E-state index in [1.807, 2.05) is 62.4 Å². The first-order chi connectivity index (χ1) is 23.2. The van der Waals surface area contributed by atoms with Crippen LogP contribution in [-0.4, -0.2) is 89.6 Å². The molecule has 4 atom stereocenters. The monoisotopic (exact) mass is 679 g/mol. The fraction of sp³-hybridized carbons (Fsp3) is 0.405. The molecule has 3 aromatic carbocycles. The van der Waals surface area contributed by atoms with Crippen molar-refractivity contribution in [3.8, 4) is 11.1 Å². The van der Waals surface area contributed by atoms with Crippen LogP contribution in [0.2, 0.25) is 0 Å². The van der Waals surface area contributed by atoms with Gasteiger partial charge in [0.05, 0.1) is 5.56 Å². The second-order valence-corrected chi connectivity index (χ2v) is 13.1. The van der Waals surface area contributed by atoms with E-state index in [4.69, 9.17) is 4.74 Å². The third-order valence-corrected chi connectivity index (χ3v) is 9.83. The quantitative estimate of drug-likeness (QED) is 0.301. The standard InChI is InChI=1S/C37H40F3N3O6/c1-22-17-31(42(4)36(48)49-21-30-28-11-7-5-9-26(28)27-10-6-8-12-29(27)30)35(47)43(19-23(22)2)32(34(46)41(3)20-33(44)45)18-24-13-15-25(16-14-24)37(38,39)40/h5-16,22-23,30-32H,17-21H2,1-4H3,(H,44,45)/t22-,23?,31+,32+/m1/s1. The number of aliphatic carboxylic acids is 1. The van der Waals surface area contributed by atoms with Crippen molar-refractivity contribution in [3.05, 3.63) is 95.1 Å². The smallest absolute Gasteiger partial charge is 0.416 e. The molecule has 3 aromatic rings. The van der Waals surface area contributed by atoms with Crippen molar-refractivity contribution in [1.29, 1.82) is 0 Å². The van der Waals surface area contributed by atoms with E-state index < -0.39 is 54.2 Å². The number of hydrogen-bond donors (Lipinski definition) is 1. The summed E-state index contributed by atoms with van der Waals surface area (Å²) in [7, 11) is 2.77. The summed E-state index contributed by atoms with van der Waals surface area (Å²) in [6, 6.07) is 17.9. The Morgan fingerprint density at radius 1 is 0.918 bits per heavy atom. The van der Waals surface area contributed by atoms with E-state index in [1.165, 1.54) is 36.0 Å². The van der Waals surface area contributed by atoms with Gasteiger partial charge in [0.2, 0.25) is 11.8 Å². The van der Waals surface area contributed by atoms with Crippen LogP contribution in [0.4, 0.5) is 18.0 Å². The van der Waals surface area contributed by atoms with Crippen LogP contribution in [0.25, 0.3) is 11.1 Å². The highest BCUT2D eigenvalue weighted by Crippen LogP contribution is 2.44. The molecule has 3 amide bonds. The molecule has 1 unspecified atom stereocenters. The Kier molecular flexibility index (Phi) is 10.4. The lowest BCUT2D eigenvalue weighted by Gasteiger charge is -2.36. The highest BCUT2D eigenvalue weighted by molar-refractivity contribution is 5.92. The summed E-state index contributed by atoms with van der Waals surface area (Å²) >= 11 is 0. The number of carboxylic acids is 1. The third kappa shape index (κ3) is 7.58. The molecule has 1 aliphatic heterocycles. The number of likely N-dealkylation sites (N-methyl/N-ethyl adjacent to an activating group) is 2. The predicted octanol–water partition coefficient (Wildman–Crippen LogP) is 5.91. The number of carbonyl (C=O) groups is 4. The lowest BCUT2D eigenvalue weighted by Crippen LogP contribution is -2.57. The van der Waals surface area contributed by atoms with E-state index in [-0.39, 0.29) is 43.7 Å². The van der Waals surface area contributed by atoms with Gasteiger partial charge in [-0.15, -0.1) is 0 Å². The maximum Gasteiger partial charge on any atom is 0.416 e. The zero-order chi connectivity index (χ0) is 35.6. The molecule has 2 aliphatic rings. The number of rotatable bonds is 9. The fourth-order valence-corrected chi connectivity index (χ4v) is 6.80. The van der Waals surface area contributed by atoms with Gasteiger partial charge in [0.15, 0.2) is 0 Å². The Hall–Kier alpha value is -4.87. The molecule has 9 nitrogen and oxygen atoms in total. The number of benzene rings is 3. The van der Waals surface area contributed by atoms with Crippen LogP contribution in [0, 0.1) is 11.8 Å². The second kappa shape index (κ2) is 14.3. The molecule has 0 radical (unpaired) electrons. The van der Waals surface area contributed by atoms with Crippen molar-refractivity contribution >= 4 is 23.9 Å². The Morgan fingerprint density at radius 3 is 2.04 bits per heavy atom. The molecule has 5 rings (SSSR count). The summed E-state index contributed by atoms with van der Waals surface area (Å²) in [4.78, 5) is 56.9. The number of halogens is 3. The van der Waals surface area contributed by atoms with Crippen molar-refractivity contribution in [2.24, 2.45) is 11.8 Å². The number of carbonyl (C=O) groups excluding carboxylic acids is 3. The fourth-order valence-electron chi connectivity index (χ4n) is 6.80. The largest absolute Gasteiger partial charge is 0.480 e. The molecule has 49 heavy (non-hydrogen) atoms. The lowest BCUT2D eigenvalue weighted by atomic mass is 9.91. The maximum atomic E-state index is 14.4. The highest BCUT2D eigenvalue weighted by Gasteiger charge is 2.43. The molecule has 0 spiro atoms. The van der Waals surface area contributed by atoms with E-state index in [9.17, 15) is 37.5 Å². The van der Waals surface area contributed by atoms with Crippen molar-refractivity contribution < 1.29 is 42.2 Å². The molecule has 1 heterocycles. The van der Waals surface area contributed by atoms with Gasteiger partial charge in [0, 0.05) is 33.0 Å². The third-order valence-electron chi connectivity index (χ3n) is 9.83. The number of alkyl halides is 3. The van der Waals surface area contributed by atoms with Crippen LogP contribution in [0.3, 0.4) is 0 Å². The summed E-state index contributed by atoms with van der Waals surface area (Å²) in [6.07, 6.45) is -5.15. The van der Waals surface area contributed by atoms with Gasteiger partial charge in [0.1, 0.15) is 25.2 Å². The van der Waals surface area contributed by atoms with Crippen LogP contribution in [0.5, 0.6) is 0 Å². The van der Waals surface area contributed by atoms with Crippen molar-refractivity contribution in [1.82, 2.24) is 14.7 Å². The Morgan fingerprint density at radius 2 is 1.49 bits per heavy atom. The average molecular weight is 680 g/mol. The molecule has 0 aromatic heterocycles. The van der Waals surface area contributed by atoms with E-state index in [2.05, 4.69) is 0 Å². The molecule has 1 fully saturated rings. The van der Waals surface area contributed by atoms with E-state index in [0.29, 0.717) is 5.56 Å². The van der Waals surface area contributed by atoms with Gasteiger partial charge in [-0.2, -0.15) is 13.2 Å². The molecule has 1 saturated heterocycles. The van der Waals surface area contributed by atoms with Crippen LogP contribution in [0.15, 0.2) is 72.8 Å². The molecule has 1 aliphatic carbocycles. The first kappa shape index (κ1) is 35.4. The number of carboxylic acid groups (broad SMARTS) is 1. The molecule has 0 saturated carbocycles. The maximum absolute atomic E-state index is 14.4. The minimum Gasteiger partial charge on any atom is -0.480 e. The normalized spacial score (nSPS) is 19.8. The zero-order valence-electron chi connectivity index (χ0n) is 27.8. The lowest BCUT2D eigenvalue weighted by molar-refractivity contribution is -0.150. The van der Waals surface area contributed by atoms with Gasteiger partial charge in [-0.25, -0.2) is 4.79 Å².